The quantitative estimate of drug-likeness (QED) is 0.195. The molecule has 1 saturated carbocycles. The molecule has 1 N–H and O–H groups in total. The molecule has 6 nitrogen and oxygen atoms in total. The van der Waals surface area contributed by atoms with Crippen LogP contribution in [0.25, 0.3) is 0 Å². The fourth-order valence-electron chi connectivity index (χ4n) is 3.33. The van der Waals surface area contributed by atoms with E-state index in [4.69, 9.17) is 16.7 Å². The molecule has 3 unspecified atom stereocenters. The van der Waals surface area contributed by atoms with Gasteiger partial charge in [-0.3, -0.25) is 9.13 Å². The van der Waals surface area contributed by atoms with Crippen molar-refractivity contribution in [1.82, 2.24) is 0 Å². The number of hydrogen-bond donors (Lipinski definition) is 1. The van der Waals surface area contributed by atoms with Crippen molar-refractivity contribution in [2.24, 2.45) is 11.8 Å². The highest BCUT2D eigenvalue weighted by molar-refractivity contribution is 8.65. The molecule has 0 heterocycles. The Kier molecular flexibility index (Phi) is 12.5. The van der Waals surface area contributed by atoms with E-state index in [9.17, 15) is 18.6 Å². The Morgan fingerprint density at radius 2 is 1.46 bits per heavy atom. The highest BCUT2D eigenvalue weighted by Gasteiger charge is 2.42. The Hall–Kier alpha value is 1.68. The summed E-state index contributed by atoms with van der Waals surface area (Å²) in [7, 11) is 6.07. The van der Waals surface area contributed by atoms with Gasteiger partial charge in [-0.2, -0.15) is 0 Å². The molecule has 0 aromatic rings. The lowest BCUT2D eigenvalue weighted by molar-refractivity contribution is 0.219. The largest absolute Gasteiger partial charge is 0.392 e. The fraction of sp³-hybridized carbons (Fsp3) is 1.00. The highest BCUT2D eigenvalue weighted by atomic mass is 32.8. The van der Waals surface area contributed by atoms with Gasteiger partial charge in [0.05, 0.1) is 14.5 Å². The molecule has 28 heavy (non-hydrogen) atoms. The zero-order valence-electron chi connectivity index (χ0n) is 17.0. The van der Waals surface area contributed by atoms with E-state index in [1.54, 1.807) is 13.8 Å². The van der Waals surface area contributed by atoms with Crippen molar-refractivity contribution in [2.45, 2.75) is 52.8 Å². The molecule has 13 heteroatoms. The molecule has 1 aliphatic rings. The molecule has 1 rings (SSSR count). The second-order valence-corrected chi connectivity index (χ2v) is 21.6. The summed E-state index contributed by atoms with van der Waals surface area (Å²) in [5.41, 5.74) is 0. The minimum Gasteiger partial charge on any atom is -0.320 e. The van der Waals surface area contributed by atoms with E-state index in [1.165, 1.54) is 0 Å². The van der Waals surface area contributed by atoms with E-state index >= 15 is 0 Å². The maximum atomic E-state index is 13.4. The zero-order chi connectivity index (χ0) is 21.4. The van der Waals surface area contributed by atoms with Gasteiger partial charge in [0.2, 0.25) is 0 Å². The topological polar surface area (TPSA) is 89.9 Å². The Bertz CT molecular complexity index is 626. The van der Waals surface area contributed by atoms with E-state index in [2.05, 4.69) is 6.92 Å². The van der Waals surface area contributed by atoms with Gasteiger partial charge in [0, 0.05) is 5.75 Å². The van der Waals surface area contributed by atoms with E-state index in [1.807, 2.05) is 6.92 Å². The van der Waals surface area contributed by atoms with Crippen LogP contribution in [0.5, 0.6) is 0 Å². The summed E-state index contributed by atoms with van der Waals surface area (Å²) in [6.45, 7) is -3.35. The molecule has 0 saturated heterocycles. The van der Waals surface area contributed by atoms with E-state index in [-0.39, 0.29) is 17.6 Å². The van der Waals surface area contributed by atoms with Gasteiger partial charge < -0.3 is 9.42 Å². The predicted octanol–water partition coefficient (Wildman–Crippen LogP) is 7.12. The van der Waals surface area contributed by atoms with Crippen molar-refractivity contribution in [3.63, 3.8) is 0 Å². The summed E-state index contributed by atoms with van der Waals surface area (Å²) in [4.78, 5) is 9.96. The predicted molar refractivity (Wildman–Crippen MR) is 127 cm³/mol. The van der Waals surface area contributed by atoms with Crippen molar-refractivity contribution < 1.29 is 27.4 Å². The van der Waals surface area contributed by atoms with Gasteiger partial charge in [-0.25, -0.2) is 8.88 Å². The average molecular weight is 508 g/mol. The van der Waals surface area contributed by atoms with Gasteiger partial charge in [-0.15, -0.1) is 0 Å². The molecule has 1 fully saturated rings. The molecule has 164 valence electrons. The molecular weight excluding hydrogens is 476 g/mol. The Balaban J connectivity index is 2.91. The standard InChI is InChI=1S/C15H32BO6P3S3/c1-5-13-9-15(16)10-14(13)11-21-23(17,26-6-2)12-24(18,27-7-3)22-25(19,20)28-8-4/h13-15H,5-12H2,1-4H3,(H,19,20)/t13-,14-,15+,23?,24?/m1/s1. The highest BCUT2D eigenvalue weighted by Crippen LogP contribution is 2.80. The summed E-state index contributed by atoms with van der Waals surface area (Å²) < 4.78 is 50.0. The minimum atomic E-state index is -4.08. The van der Waals surface area contributed by atoms with Crippen LogP contribution in [0.2, 0.25) is 5.82 Å². The summed E-state index contributed by atoms with van der Waals surface area (Å²) >= 11 is 2.79. The molecule has 0 aromatic heterocycles. The first-order valence-corrected chi connectivity index (χ1v) is 19.5. The van der Waals surface area contributed by atoms with Crippen LogP contribution in [0.3, 0.4) is 0 Å². The minimum absolute atomic E-state index is 0.133. The van der Waals surface area contributed by atoms with Gasteiger partial charge in [0.1, 0.15) is 5.90 Å². The molecule has 0 bridgehead atoms. The van der Waals surface area contributed by atoms with Crippen LogP contribution < -0.4 is 0 Å². The van der Waals surface area contributed by atoms with E-state index < -0.39 is 19.9 Å². The molecule has 2 radical (unpaired) electrons. The van der Waals surface area contributed by atoms with Gasteiger partial charge in [0.15, 0.2) is 0 Å². The van der Waals surface area contributed by atoms with Crippen LogP contribution in [-0.2, 0) is 22.5 Å². The molecule has 1 aliphatic carbocycles. The van der Waals surface area contributed by atoms with Gasteiger partial charge in [-0.1, -0.05) is 75.5 Å². The normalized spacial score (nSPS) is 29.1. The summed E-state index contributed by atoms with van der Waals surface area (Å²) in [5, 5.41) is 0. The molecular formula is C15H32BO6P3S3. The van der Waals surface area contributed by atoms with Crippen LogP contribution in [0.4, 0.5) is 0 Å². The third-order valence-corrected chi connectivity index (χ3v) is 20.7. The monoisotopic (exact) mass is 508 g/mol. The number of hydrogen-bond acceptors (Lipinski definition) is 8. The zero-order valence-corrected chi connectivity index (χ0v) is 22.2. The van der Waals surface area contributed by atoms with Crippen molar-refractivity contribution in [2.75, 3.05) is 29.8 Å². The lowest BCUT2D eigenvalue weighted by atomic mass is 9.85. The Morgan fingerprint density at radius 1 is 0.929 bits per heavy atom. The van der Waals surface area contributed by atoms with E-state index in [0.29, 0.717) is 41.2 Å². The maximum absolute atomic E-state index is 13.4. The lowest BCUT2D eigenvalue weighted by Gasteiger charge is -2.26. The molecule has 0 spiro atoms. The van der Waals surface area contributed by atoms with Crippen molar-refractivity contribution in [1.29, 1.82) is 0 Å². The van der Waals surface area contributed by atoms with Crippen LogP contribution in [0, 0.1) is 11.8 Å². The van der Waals surface area contributed by atoms with Crippen LogP contribution in [0.1, 0.15) is 47.0 Å². The van der Waals surface area contributed by atoms with Crippen molar-refractivity contribution >= 4 is 61.9 Å². The third-order valence-electron chi connectivity index (χ3n) is 4.41. The molecule has 6 atom stereocenters. The summed E-state index contributed by atoms with van der Waals surface area (Å²) in [6.07, 6.45) is 2.75. The van der Waals surface area contributed by atoms with Crippen molar-refractivity contribution in [3.8, 4) is 0 Å². The third kappa shape index (κ3) is 9.45. The average Bonchev–Trinajstić information content (AvgIpc) is 2.92. The maximum Gasteiger partial charge on any atom is 0.392 e. The summed E-state index contributed by atoms with van der Waals surface area (Å²) in [5.74, 6) is 1.74. The first-order valence-electron chi connectivity index (χ1n) is 9.57. The Labute approximate surface area is 183 Å². The van der Waals surface area contributed by atoms with Crippen molar-refractivity contribution in [3.05, 3.63) is 0 Å². The molecule has 0 aromatic carbocycles. The van der Waals surface area contributed by atoms with Gasteiger partial charge in [-0.05, 0) is 34.7 Å². The lowest BCUT2D eigenvalue weighted by Crippen LogP contribution is -2.13. The summed E-state index contributed by atoms with van der Waals surface area (Å²) in [6, 6.07) is 0. The SMILES string of the molecule is [B][C@H]1C[C@@H](CC)[C@@H](COP(=O)(CP(=O)(OP(=O)(O)SCC)SCC)SCC)C1. The van der Waals surface area contributed by atoms with E-state index in [0.717, 1.165) is 42.0 Å². The first kappa shape index (κ1) is 27.7. The van der Waals surface area contributed by atoms with Gasteiger partial charge >= 0.3 is 6.80 Å². The van der Waals surface area contributed by atoms with Crippen LogP contribution in [-0.4, -0.2) is 42.5 Å². The second-order valence-electron chi connectivity index (χ2n) is 6.62. The molecule has 0 aliphatic heterocycles. The number of rotatable bonds is 14. The smallest absolute Gasteiger partial charge is 0.320 e. The Morgan fingerprint density at radius 3 is 2.00 bits per heavy atom. The van der Waals surface area contributed by atoms with Gasteiger partial charge in [0.25, 0.3) is 13.1 Å². The van der Waals surface area contributed by atoms with Crippen LogP contribution >= 0.6 is 54.1 Å². The van der Waals surface area contributed by atoms with Crippen LogP contribution in [0.15, 0.2) is 0 Å². The fourth-order valence-corrected chi connectivity index (χ4v) is 21.5. The first-order chi connectivity index (χ1) is 13.0. The second kappa shape index (κ2) is 12.7. The molecule has 0 amide bonds.